The van der Waals surface area contributed by atoms with Crippen LogP contribution in [0, 0.1) is 17.5 Å². The number of nitrogens with two attached hydrogens (primary N) is 1. The molecule has 2 aromatic carbocycles. The lowest BCUT2D eigenvalue weighted by atomic mass is 9.70. The molecule has 12 heteroatoms. The molecule has 2 aliphatic heterocycles. The van der Waals surface area contributed by atoms with E-state index in [9.17, 15) is 27.6 Å². The highest BCUT2D eigenvalue weighted by Crippen LogP contribution is 2.51. The van der Waals surface area contributed by atoms with Gasteiger partial charge in [-0.15, -0.1) is 0 Å². The van der Waals surface area contributed by atoms with Crippen LogP contribution >= 0.6 is 0 Å². The van der Waals surface area contributed by atoms with Gasteiger partial charge in [0.2, 0.25) is 11.8 Å². The van der Waals surface area contributed by atoms with Gasteiger partial charge in [0.05, 0.1) is 30.7 Å². The first kappa shape index (κ1) is 33.9. The third-order valence-electron chi connectivity index (χ3n) is 9.01. The third kappa shape index (κ3) is 6.41. The summed E-state index contributed by atoms with van der Waals surface area (Å²) in [7, 11) is 4.52. The summed E-state index contributed by atoms with van der Waals surface area (Å²) in [6.45, 7) is 5.42. The standard InChI is InChI=1S/C18H24F2N2O4.C15H18FNO2/c1-17(2,3)26-16(24)22-7-5-18(6-8-22,15(21)23)14-12(19)9-11(25-4)10-13(14)20;1-17-12-9-10(19-2)8-11(16)13(12)15(14(17)18)6-4-3-5-7-15/h9-10H,5-8H2,1-4H3,(H2,21,23);8-9H,3-7H2,1-2H3. The number of amides is 3. The van der Waals surface area contributed by atoms with Crippen molar-refractivity contribution in [2.75, 3.05) is 39.3 Å². The number of likely N-dealkylation sites (N-methyl/N-ethyl adjacent to an activating group) is 1. The van der Waals surface area contributed by atoms with Gasteiger partial charge in [0, 0.05) is 55.5 Å². The Morgan fingerprint density at radius 1 is 0.822 bits per heavy atom. The summed E-state index contributed by atoms with van der Waals surface area (Å²) in [5, 5.41) is 0. The van der Waals surface area contributed by atoms with Crippen LogP contribution < -0.4 is 20.1 Å². The fourth-order valence-corrected chi connectivity index (χ4v) is 6.72. The zero-order valence-electron chi connectivity index (χ0n) is 26.7. The Labute approximate surface area is 261 Å². The van der Waals surface area contributed by atoms with Gasteiger partial charge >= 0.3 is 6.09 Å². The number of anilines is 1. The predicted octanol–water partition coefficient (Wildman–Crippen LogP) is 5.74. The van der Waals surface area contributed by atoms with Crippen molar-refractivity contribution in [1.82, 2.24) is 4.90 Å². The smallest absolute Gasteiger partial charge is 0.410 e. The van der Waals surface area contributed by atoms with E-state index in [1.807, 2.05) is 0 Å². The monoisotopic (exact) mass is 633 g/mol. The molecule has 1 saturated carbocycles. The number of carbonyl (C=O) groups is 3. The number of benzene rings is 2. The van der Waals surface area contributed by atoms with Gasteiger partial charge in [0.1, 0.15) is 34.6 Å². The van der Waals surface area contributed by atoms with Crippen molar-refractivity contribution in [1.29, 1.82) is 0 Å². The Kier molecular flexibility index (Phi) is 9.65. The molecule has 2 N–H and O–H groups in total. The second-order valence-electron chi connectivity index (χ2n) is 12.9. The highest BCUT2D eigenvalue weighted by molar-refractivity contribution is 6.08. The Morgan fingerprint density at radius 3 is 1.78 bits per heavy atom. The highest BCUT2D eigenvalue weighted by Gasteiger charge is 2.52. The van der Waals surface area contributed by atoms with Crippen LogP contribution in [0.5, 0.6) is 11.5 Å². The van der Waals surface area contributed by atoms with Crippen LogP contribution in [0.4, 0.5) is 23.7 Å². The number of rotatable bonds is 4. The quantitative estimate of drug-likeness (QED) is 0.460. The zero-order chi connectivity index (χ0) is 33.3. The molecule has 246 valence electrons. The van der Waals surface area contributed by atoms with E-state index in [0.29, 0.717) is 17.0 Å². The minimum atomic E-state index is -1.53. The first-order chi connectivity index (χ1) is 21.1. The molecule has 45 heavy (non-hydrogen) atoms. The van der Waals surface area contributed by atoms with Crippen LogP contribution in [0.25, 0.3) is 0 Å². The predicted molar refractivity (Wildman–Crippen MR) is 162 cm³/mol. The molecule has 0 bridgehead atoms. The van der Waals surface area contributed by atoms with Crippen molar-refractivity contribution >= 4 is 23.6 Å². The largest absolute Gasteiger partial charge is 0.497 e. The lowest BCUT2D eigenvalue weighted by molar-refractivity contribution is -0.126. The second kappa shape index (κ2) is 12.8. The number of hydrogen-bond acceptors (Lipinski definition) is 6. The lowest BCUT2D eigenvalue weighted by Gasteiger charge is -2.40. The number of primary amides is 1. The van der Waals surface area contributed by atoms with E-state index < -0.39 is 40.1 Å². The molecule has 0 aromatic heterocycles. The fourth-order valence-electron chi connectivity index (χ4n) is 6.72. The van der Waals surface area contributed by atoms with Crippen LogP contribution in [-0.2, 0) is 25.2 Å². The molecule has 0 atom stereocenters. The fraction of sp³-hybridized carbons (Fsp3) is 0.545. The first-order valence-corrected chi connectivity index (χ1v) is 15.1. The van der Waals surface area contributed by atoms with Crippen LogP contribution in [0.3, 0.4) is 0 Å². The minimum absolute atomic E-state index is 0.00173. The zero-order valence-corrected chi connectivity index (χ0v) is 26.7. The molecule has 2 aromatic rings. The van der Waals surface area contributed by atoms with Gasteiger partial charge in [-0.1, -0.05) is 19.3 Å². The molecule has 1 saturated heterocycles. The maximum Gasteiger partial charge on any atom is 0.410 e. The van der Waals surface area contributed by atoms with Crippen LogP contribution in [0.15, 0.2) is 24.3 Å². The average Bonchev–Trinajstić information content (AvgIpc) is 3.18. The molecule has 5 rings (SSSR count). The Morgan fingerprint density at radius 2 is 1.31 bits per heavy atom. The Balaban J connectivity index is 0.000000214. The molecular weight excluding hydrogens is 591 g/mol. The number of nitrogens with zero attached hydrogens (tertiary/aromatic N) is 2. The number of hydrogen-bond donors (Lipinski definition) is 1. The Hall–Kier alpha value is -3.96. The molecule has 0 unspecified atom stereocenters. The molecule has 1 aliphatic carbocycles. The van der Waals surface area contributed by atoms with Crippen molar-refractivity contribution in [3.8, 4) is 11.5 Å². The summed E-state index contributed by atoms with van der Waals surface area (Å²) in [6, 6.07) is 5.19. The number of ether oxygens (including phenoxy) is 3. The van der Waals surface area contributed by atoms with Crippen molar-refractivity contribution in [2.45, 2.75) is 82.1 Å². The Bertz CT molecular complexity index is 1440. The van der Waals surface area contributed by atoms with E-state index in [2.05, 4.69) is 0 Å². The van der Waals surface area contributed by atoms with Crippen molar-refractivity contribution in [3.63, 3.8) is 0 Å². The molecule has 1 spiro atoms. The van der Waals surface area contributed by atoms with Crippen molar-refractivity contribution in [2.24, 2.45) is 5.73 Å². The lowest BCUT2D eigenvalue weighted by Crippen LogP contribution is -2.52. The summed E-state index contributed by atoms with van der Waals surface area (Å²) in [6.07, 6.45) is 4.09. The van der Waals surface area contributed by atoms with Crippen molar-refractivity contribution < 1.29 is 41.8 Å². The average molecular weight is 634 g/mol. The summed E-state index contributed by atoms with van der Waals surface area (Å²) in [5.74, 6) is -2.43. The van der Waals surface area contributed by atoms with Gasteiger partial charge in [-0.3, -0.25) is 9.59 Å². The van der Waals surface area contributed by atoms with Gasteiger partial charge in [0.15, 0.2) is 0 Å². The summed E-state index contributed by atoms with van der Waals surface area (Å²) in [5.41, 5.74) is 3.58. The minimum Gasteiger partial charge on any atom is -0.497 e. The van der Waals surface area contributed by atoms with E-state index in [-0.39, 0.29) is 49.0 Å². The van der Waals surface area contributed by atoms with E-state index >= 15 is 0 Å². The topological polar surface area (TPSA) is 111 Å². The number of piperidine rings is 1. The number of methoxy groups -OCH3 is 2. The number of carbonyl (C=O) groups excluding carboxylic acids is 3. The SMILES string of the molecule is COc1cc(F)c(C2(C(N)=O)CCN(C(=O)OC(C)(C)C)CC2)c(F)c1.COc1cc(F)c2c(c1)N(C)C(=O)C21CCCCC1. The molecule has 2 fully saturated rings. The van der Waals surface area contributed by atoms with Crippen LogP contribution in [-0.4, -0.2) is 62.8 Å². The molecular formula is C33H42F3N3O6. The molecule has 2 heterocycles. The van der Waals surface area contributed by atoms with Crippen molar-refractivity contribution in [3.05, 3.63) is 52.8 Å². The van der Waals surface area contributed by atoms with Gasteiger partial charge in [-0.25, -0.2) is 18.0 Å². The molecule has 3 aliphatic rings. The number of fused-ring (bicyclic) bond motifs is 2. The summed E-state index contributed by atoms with van der Waals surface area (Å²) >= 11 is 0. The normalized spacial score (nSPS) is 18.6. The molecule has 0 radical (unpaired) electrons. The summed E-state index contributed by atoms with van der Waals surface area (Å²) in [4.78, 5) is 39.9. The van der Waals surface area contributed by atoms with E-state index in [1.54, 1.807) is 38.8 Å². The van der Waals surface area contributed by atoms with Gasteiger partial charge in [0.25, 0.3) is 0 Å². The molecule has 9 nitrogen and oxygen atoms in total. The van der Waals surface area contributed by atoms with Crippen LogP contribution in [0.1, 0.15) is 76.8 Å². The molecule has 3 amide bonds. The maximum atomic E-state index is 14.5. The van der Waals surface area contributed by atoms with E-state index in [0.717, 1.165) is 44.2 Å². The highest BCUT2D eigenvalue weighted by atomic mass is 19.1. The van der Waals surface area contributed by atoms with Crippen LogP contribution in [0.2, 0.25) is 0 Å². The number of likely N-dealkylation sites (tertiary alicyclic amines) is 1. The van der Waals surface area contributed by atoms with E-state index in [4.69, 9.17) is 19.9 Å². The third-order valence-corrected chi connectivity index (χ3v) is 9.01. The van der Waals surface area contributed by atoms with Gasteiger partial charge in [-0.2, -0.15) is 0 Å². The second-order valence-corrected chi connectivity index (χ2v) is 12.9. The number of halogens is 3. The first-order valence-electron chi connectivity index (χ1n) is 15.1. The van der Waals surface area contributed by atoms with E-state index in [1.165, 1.54) is 25.2 Å². The maximum absolute atomic E-state index is 14.5. The summed E-state index contributed by atoms with van der Waals surface area (Å²) < 4.78 is 58.8. The van der Waals surface area contributed by atoms with Gasteiger partial charge in [-0.05, 0) is 46.5 Å². The van der Waals surface area contributed by atoms with Gasteiger partial charge < -0.3 is 29.7 Å².